The Bertz CT molecular complexity index is 564. The Morgan fingerprint density at radius 2 is 1.88 bits per heavy atom. The van der Waals surface area contributed by atoms with Crippen LogP contribution in [-0.4, -0.2) is 70.6 Å². The zero-order chi connectivity index (χ0) is 18.1. The molecular weight excluding hydrogens is 321 g/mol. The number of likely N-dealkylation sites (tertiary alicyclic amines) is 1. The molecule has 0 aliphatic carbocycles. The number of aliphatic hydroxyl groups excluding tert-OH is 1. The maximum Gasteiger partial charge on any atom is 0.498 e. The summed E-state index contributed by atoms with van der Waals surface area (Å²) in [4.78, 5) is 10.8. The highest BCUT2D eigenvalue weighted by Crippen LogP contribution is 2.36. The van der Waals surface area contributed by atoms with E-state index in [1.54, 1.807) is 12.4 Å². The Balaban J connectivity index is 1.60. The first kappa shape index (κ1) is 18.6. The highest BCUT2D eigenvalue weighted by Gasteiger charge is 2.52. The van der Waals surface area contributed by atoms with Gasteiger partial charge in [-0.15, -0.1) is 0 Å². The molecule has 1 atom stereocenters. The molecule has 1 N–H and O–H groups in total. The third-order valence-electron chi connectivity index (χ3n) is 5.32. The van der Waals surface area contributed by atoms with Crippen molar-refractivity contribution in [2.45, 2.75) is 57.8 Å². The molecular formula is C17H28BN3O4. The van der Waals surface area contributed by atoms with Crippen LogP contribution in [0.1, 0.15) is 40.5 Å². The van der Waals surface area contributed by atoms with Crippen LogP contribution in [0.4, 0.5) is 0 Å². The van der Waals surface area contributed by atoms with Crippen molar-refractivity contribution in [3.8, 4) is 6.01 Å². The number of rotatable bonds is 5. The number of nitrogens with zero attached hydrogens (tertiary/aromatic N) is 3. The molecule has 138 valence electrons. The van der Waals surface area contributed by atoms with Gasteiger partial charge in [-0.25, -0.2) is 9.97 Å². The first-order valence-corrected chi connectivity index (χ1v) is 8.98. The highest BCUT2D eigenvalue weighted by molar-refractivity contribution is 6.61. The number of β-amino-alcohol motifs (C(OH)–C–C–N with tert-alkyl or cyclic N) is 1. The number of ether oxygens (including phenoxy) is 1. The molecule has 2 fully saturated rings. The molecule has 2 saturated heterocycles. The normalized spacial score (nSPS) is 26.0. The third kappa shape index (κ3) is 4.14. The standard InChI is InChI=1S/C17H28BN3O4/c1-16(2)17(3,4)25-18(24-16)13-10-19-15(20-11-13)23-14-6-5-7-21(12-14)8-9-22/h10-11,14,22H,5-9,12H2,1-4H3/t14-/m1/s1. The molecule has 0 amide bonds. The predicted molar refractivity (Wildman–Crippen MR) is 94.9 cm³/mol. The third-order valence-corrected chi connectivity index (χ3v) is 5.32. The number of hydrogen-bond donors (Lipinski definition) is 1. The van der Waals surface area contributed by atoms with Gasteiger partial charge in [0, 0.05) is 30.9 Å². The van der Waals surface area contributed by atoms with Crippen molar-refractivity contribution < 1.29 is 19.2 Å². The molecule has 3 rings (SSSR count). The van der Waals surface area contributed by atoms with E-state index < -0.39 is 7.12 Å². The summed E-state index contributed by atoms with van der Waals surface area (Å²) in [6.07, 6.45) is 5.50. The average Bonchev–Trinajstić information content (AvgIpc) is 2.77. The van der Waals surface area contributed by atoms with Crippen molar-refractivity contribution in [2.24, 2.45) is 0 Å². The molecule has 2 aliphatic rings. The van der Waals surface area contributed by atoms with Crippen LogP contribution in [0.3, 0.4) is 0 Å². The monoisotopic (exact) mass is 349 g/mol. The topological polar surface area (TPSA) is 76.9 Å². The van der Waals surface area contributed by atoms with Crippen LogP contribution in [-0.2, 0) is 9.31 Å². The molecule has 8 heteroatoms. The van der Waals surface area contributed by atoms with Gasteiger partial charge in [0.1, 0.15) is 6.10 Å². The molecule has 0 unspecified atom stereocenters. The summed E-state index contributed by atoms with van der Waals surface area (Å²) >= 11 is 0. The van der Waals surface area contributed by atoms with Gasteiger partial charge in [0.25, 0.3) is 0 Å². The molecule has 0 spiro atoms. The molecule has 0 aromatic carbocycles. The van der Waals surface area contributed by atoms with Crippen LogP contribution in [0.15, 0.2) is 12.4 Å². The predicted octanol–water partition coefficient (Wildman–Crippen LogP) is 0.611. The Morgan fingerprint density at radius 3 is 2.48 bits per heavy atom. The van der Waals surface area contributed by atoms with Crippen molar-refractivity contribution in [3.05, 3.63) is 12.4 Å². The van der Waals surface area contributed by atoms with E-state index in [2.05, 4.69) is 14.9 Å². The van der Waals surface area contributed by atoms with Gasteiger partial charge in [0.2, 0.25) is 0 Å². The SMILES string of the molecule is CC1(C)OB(c2cnc(O[C@@H]3CCCN(CCO)C3)nc2)OC1(C)C. The summed E-state index contributed by atoms with van der Waals surface area (Å²) in [6.45, 7) is 10.7. The van der Waals surface area contributed by atoms with Crippen molar-refractivity contribution >= 4 is 12.6 Å². The van der Waals surface area contributed by atoms with Gasteiger partial charge >= 0.3 is 13.1 Å². The van der Waals surface area contributed by atoms with E-state index in [9.17, 15) is 0 Å². The Morgan fingerprint density at radius 1 is 1.24 bits per heavy atom. The Kier molecular flexibility index (Phi) is 5.34. The molecule has 3 heterocycles. The highest BCUT2D eigenvalue weighted by atomic mass is 16.7. The number of hydrogen-bond acceptors (Lipinski definition) is 7. The fourth-order valence-corrected chi connectivity index (χ4v) is 3.09. The smallest absolute Gasteiger partial charge is 0.459 e. The van der Waals surface area contributed by atoms with E-state index in [0.717, 1.165) is 31.4 Å². The molecule has 2 aliphatic heterocycles. The molecule has 0 radical (unpaired) electrons. The summed E-state index contributed by atoms with van der Waals surface area (Å²) < 4.78 is 17.9. The van der Waals surface area contributed by atoms with E-state index in [1.165, 1.54) is 0 Å². The van der Waals surface area contributed by atoms with Crippen molar-refractivity contribution in [3.63, 3.8) is 0 Å². The van der Waals surface area contributed by atoms with Crippen LogP contribution in [0.25, 0.3) is 0 Å². The molecule has 1 aromatic heterocycles. The minimum absolute atomic E-state index is 0.0583. The lowest BCUT2D eigenvalue weighted by molar-refractivity contribution is 0.00578. The van der Waals surface area contributed by atoms with Crippen LogP contribution >= 0.6 is 0 Å². The maximum absolute atomic E-state index is 9.07. The van der Waals surface area contributed by atoms with E-state index >= 15 is 0 Å². The maximum atomic E-state index is 9.07. The summed E-state index contributed by atoms with van der Waals surface area (Å²) in [5.74, 6) is 0. The van der Waals surface area contributed by atoms with E-state index in [1.807, 2.05) is 27.7 Å². The largest absolute Gasteiger partial charge is 0.498 e. The minimum Gasteiger partial charge on any atom is -0.459 e. The van der Waals surface area contributed by atoms with Gasteiger partial charge in [-0.3, -0.25) is 4.90 Å². The van der Waals surface area contributed by atoms with Gasteiger partial charge in [-0.05, 0) is 47.1 Å². The Labute approximate surface area is 149 Å². The van der Waals surface area contributed by atoms with Crippen molar-refractivity contribution in [1.82, 2.24) is 14.9 Å². The van der Waals surface area contributed by atoms with Gasteiger partial charge < -0.3 is 19.2 Å². The zero-order valence-electron chi connectivity index (χ0n) is 15.6. The number of piperidine rings is 1. The van der Waals surface area contributed by atoms with Crippen LogP contribution in [0.5, 0.6) is 6.01 Å². The fraction of sp³-hybridized carbons (Fsp3) is 0.765. The summed E-state index contributed by atoms with van der Waals surface area (Å²) in [6, 6.07) is 0.371. The summed E-state index contributed by atoms with van der Waals surface area (Å²) in [7, 11) is -0.464. The van der Waals surface area contributed by atoms with Gasteiger partial charge in [-0.2, -0.15) is 0 Å². The lowest BCUT2D eigenvalue weighted by Crippen LogP contribution is -2.42. The van der Waals surface area contributed by atoms with E-state index in [0.29, 0.717) is 12.6 Å². The molecule has 1 aromatic rings. The number of aliphatic hydroxyl groups is 1. The van der Waals surface area contributed by atoms with Crippen LogP contribution in [0.2, 0.25) is 0 Å². The summed E-state index contributed by atoms with van der Waals surface area (Å²) in [5, 5.41) is 9.07. The second-order valence-corrected chi connectivity index (χ2v) is 7.79. The van der Waals surface area contributed by atoms with Crippen LogP contribution < -0.4 is 10.2 Å². The minimum atomic E-state index is -0.464. The molecule has 0 saturated carbocycles. The first-order valence-electron chi connectivity index (χ1n) is 8.98. The average molecular weight is 349 g/mol. The number of aromatic nitrogens is 2. The quantitative estimate of drug-likeness (QED) is 0.781. The zero-order valence-corrected chi connectivity index (χ0v) is 15.6. The molecule has 7 nitrogen and oxygen atoms in total. The van der Waals surface area contributed by atoms with E-state index in [-0.39, 0.29) is 23.9 Å². The summed E-state index contributed by atoms with van der Waals surface area (Å²) in [5.41, 5.74) is 0.0208. The van der Waals surface area contributed by atoms with Crippen molar-refractivity contribution in [1.29, 1.82) is 0 Å². The second kappa shape index (κ2) is 7.19. The van der Waals surface area contributed by atoms with E-state index in [4.69, 9.17) is 19.2 Å². The van der Waals surface area contributed by atoms with Gasteiger partial charge in [0.15, 0.2) is 0 Å². The second-order valence-electron chi connectivity index (χ2n) is 7.79. The first-order chi connectivity index (χ1) is 11.8. The van der Waals surface area contributed by atoms with Gasteiger partial charge in [0.05, 0.1) is 17.8 Å². The van der Waals surface area contributed by atoms with Crippen LogP contribution in [0, 0.1) is 0 Å². The van der Waals surface area contributed by atoms with Gasteiger partial charge in [-0.1, -0.05) is 0 Å². The Hall–Kier alpha value is -1.22. The fourth-order valence-electron chi connectivity index (χ4n) is 3.09. The lowest BCUT2D eigenvalue weighted by atomic mass is 9.81. The molecule has 0 bridgehead atoms. The molecule has 25 heavy (non-hydrogen) atoms. The lowest BCUT2D eigenvalue weighted by Gasteiger charge is -2.32. The van der Waals surface area contributed by atoms with Crippen molar-refractivity contribution in [2.75, 3.05) is 26.2 Å².